The quantitative estimate of drug-likeness (QED) is 0.621. The largest absolute Gasteiger partial charge is 0.392 e. The Bertz CT molecular complexity index is 935. The molecular weight excluding hydrogens is 405 g/mol. The molecule has 5 nitrogen and oxygen atoms in total. The third kappa shape index (κ3) is 5.12. The van der Waals surface area contributed by atoms with E-state index < -0.39 is 5.41 Å². The summed E-state index contributed by atoms with van der Waals surface area (Å²) in [7, 11) is 0. The molecule has 172 valence electrons. The van der Waals surface area contributed by atoms with Crippen molar-refractivity contribution in [1.82, 2.24) is 4.90 Å². The van der Waals surface area contributed by atoms with Gasteiger partial charge in [0, 0.05) is 26.2 Å². The summed E-state index contributed by atoms with van der Waals surface area (Å²) in [6.07, 6.45) is 1.60. The molecule has 32 heavy (non-hydrogen) atoms. The Balaban J connectivity index is 1.62. The van der Waals surface area contributed by atoms with Crippen LogP contribution in [0.4, 0.5) is 10.1 Å². The van der Waals surface area contributed by atoms with Crippen molar-refractivity contribution in [2.45, 2.75) is 45.3 Å². The predicted molar refractivity (Wildman–Crippen MR) is 125 cm³/mol. The summed E-state index contributed by atoms with van der Waals surface area (Å²) in [5, 5.41) is 29.4. The van der Waals surface area contributed by atoms with E-state index in [-0.39, 0.29) is 24.9 Å². The third-order valence-corrected chi connectivity index (χ3v) is 6.86. The molecule has 3 rings (SSSR count). The standard InChI is InChI=1S/C26H34FN3O2/c1-20(2)26(19-28,23-9-8-21(17-31)22(16-23)18-32)10-5-11-29-12-14-30(15-13-29)25-7-4-3-6-24(25)27/h3-4,6-9,16,20,31-32H,5,10-15,17-18H2,1-2H3. The average molecular weight is 440 g/mol. The van der Waals surface area contributed by atoms with Gasteiger partial charge in [-0.05, 0) is 54.1 Å². The van der Waals surface area contributed by atoms with Gasteiger partial charge < -0.3 is 15.1 Å². The molecule has 2 aromatic rings. The fourth-order valence-corrected chi connectivity index (χ4v) is 4.72. The lowest BCUT2D eigenvalue weighted by atomic mass is 9.69. The van der Waals surface area contributed by atoms with Crippen LogP contribution in [-0.4, -0.2) is 47.8 Å². The van der Waals surface area contributed by atoms with Crippen LogP contribution in [0.25, 0.3) is 0 Å². The van der Waals surface area contributed by atoms with Gasteiger partial charge in [-0.25, -0.2) is 4.39 Å². The van der Waals surface area contributed by atoms with Crippen molar-refractivity contribution in [2.24, 2.45) is 5.92 Å². The van der Waals surface area contributed by atoms with E-state index in [0.29, 0.717) is 16.8 Å². The summed E-state index contributed by atoms with van der Waals surface area (Å²) in [5.74, 6) is -0.0666. The Hall–Kier alpha value is -2.46. The molecule has 1 aliphatic heterocycles. The lowest BCUT2D eigenvalue weighted by molar-refractivity contribution is 0.238. The number of nitriles is 1. The van der Waals surface area contributed by atoms with Crippen LogP contribution >= 0.6 is 0 Å². The number of para-hydroxylation sites is 1. The molecule has 2 aromatic carbocycles. The molecule has 0 radical (unpaired) electrons. The number of hydrogen-bond acceptors (Lipinski definition) is 5. The molecule has 1 atom stereocenters. The predicted octanol–water partition coefficient (Wildman–Crippen LogP) is 3.83. The Morgan fingerprint density at radius 1 is 1.03 bits per heavy atom. The van der Waals surface area contributed by atoms with Gasteiger partial charge in [0.15, 0.2) is 0 Å². The van der Waals surface area contributed by atoms with Gasteiger partial charge in [0.05, 0.1) is 30.4 Å². The number of aliphatic hydroxyl groups excluding tert-OH is 2. The summed E-state index contributed by atoms with van der Waals surface area (Å²) in [6.45, 7) is 8.05. The highest BCUT2D eigenvalue weighted by molar-refractivity contribution is 5.48. The van der Waals surface area contributed by atoms with E-state index in [2.05, 4.69) is 29.7 Å². The lowest BCUT2D eigenvalue weighted by Gasteiger charge is -2.37. The first-order chi connectivity index (χ1) is 15.4. The van der Waals surface area contributed by atoms with Gasteiger partial charge in [-0.15, -0.1) is 0 Å². The third-order valence-electron chi connectivity index (χ3n) is 6.86. The highest BCUT2D eigenvalue weighted by Crippen LogP contribution is 2.37. The molecule has 0 amide bonds. The number of rotatable bonds is 9. The lowest BCUT2D eigenvalue weighted by Crippen LogP contribution is -2.47. The minimum absolute atomic E-state index is 0.108. The molecule has 2 N–H and O–H groups in total. The summed E-state index contributed by atoms with van der Waals surface area (Å²) in [4.78, 5) is 4.48. The van der Waals surface area contributed by atoms with Crippen LogP contribution in [0.3, 0.4) is 0 Å². The molecule has 1 heterocycles. The summed E-state index contributed by atoms with van der Waals surface area (Å²) < 4.78 is 14.1. The minimum Gasteiger partial charge on any atom is -0.392 e. The van der Waals surface area contributed by atoms with Crippen molar-refractivity contribution in [3.05, 3.63) is 65.0 Å². The number of hydrogen-bond donors (Lipinski definition) is 2. The van der Waals surface area contributed by atoms with Crippen molar-refractivity contribution in [2.75, 3.05) is 37.6 Å². The number of halogens is 1. The minimum atomic E-state index is -0.646. The molecule has 0 bridgehead atoms. The zero-order chi connectivity index (χ0) is 23.1. The summed E-state index contributed by atoms with van der Waals surface area (Å²) >= 11 is 0. The molecule has 0 spiro atoms. The van der Waals surface area contributed by atoms with Crippen LogP contribution in [0.5, 0.6) is 0 Å². The van der Waals surface area contributed by atoms with E-state index >= 15 is 0 Å². The zero-order valence-corrected chi connectivity index (χ0v) is 19.1. The van der Waals surface area contributed by atoms with Crippen LogP contribution in [-0.2, 0) is 18.6 Å². The molecule has 1 unspecified atom stereocenters. The van der Waals surface area contributed by atoms with Gasteiger partial charge >= 0.3 is 0 Å². The van der Waals surface area contributed by atoms with Crippen molar-refractivity contribution in [3.8, 4) is 6.07 Å². The maximum absolute atomic E-state index is 14.1. The number of piperazine rings is 1. The van der Waals surface area contributed by atoms with Crippen LogP contribution in [0, 0.1) is 23.1 Å². The average Bonchev–Trinajstić information content (AvgIpc) is 2.82. The monoisotopic (exact) mass is 439 g/mol. The summed E-state index contributed by atoms with van der Waals surface area (Å²) in [5.41, 5.74) is 2.29. The Morgan fingerprint density at radius 2 is 1.72 bits per heavy atom. The SMILES string of the molecule is CC(C)C(C#N)(CCCN1CCN(c2ccccc2F)CC1)c1ccc(CO)c(CO)c1. The zero-order valence-electron chi connectivity index (χ0n) is 19.1. The van der Waals surface area contributed by atoms with E-state index in [1.165, 1.54) is 6.07 Å². The van der Waals surface area contributed by atoms with Crippen LogP contribution in [0.1, 0.15) is 43.4 Å². The van der Waals surface area contributed by atoms with Gasteiger partial charge in [-0.1, -0.05) is 44.2 Å². The fourth-order valence-electron chi connectivity index (χ4n) is 4.72. The van der Waals surface area contributed by atoms with E-state index in [1.54, 1.807) is 6.07 Å². The first kappa shape index (κ1) is 24.2. The van der Waals surface area contributed by atoms with Crippen molar-refractivity contribution < 1.29 is 14.6 Å². The van der Waals surface area contributed by atoms with Gasteiger partial charge in [-0.2, -0.15) is 5.26 Å². The highest BCUT2D eigenvalue weighted by atomic mass is 19.1. The van der Waals surface area contributed by atoms with Crippen molar-refractivity contribution in [3.63, 3.8) is 0 Å². The fraction of sp³-hybridized carbons (Fsp3) is 0.500. The highest BCUT2D eigenvalue weighted by Gasteiger charge is 2.36. The smallest absolute Gasteiger partial charge is 0.146 e. The van der Waals surface area contributed by atoms with Crippen molar-refractivity contribution >= 4 is 5.69 Å². The molecule has 1 aliphatic rings. The number of benzene rings is 2. The maximum Gasteiger partial charge on any atom is 0.146 e. The van der Waals surface area contributed by atoms with E-state index in [1.807, 2.05) is 30.3 Å². The topological polar surface area (TPSA) is 70.7 Å². The molecule has 0 saturated carbocycles. The number of anilines is 1. The van der Waals surface area contributed by atoms with Gasteiger partial charge in [0.25, 0.3) is 0 Å². The molecule has 1 saturated heterocycles. The molecule has 1 fully saturated rings. The molecule has 0 aliphatic carbocycles. The van der Waals surface area contributed by atoms with Gasteiger partial charge in [0.2, 0.25) is 0 Å². The first-order valence-corrected chi connectivity index (χ1v) is 11.4. The second-order valence-electron chi connectivity index (χ2n) is 8.92. The Kier molecular flexibility index (Phi) is 8.25. The first-order valence-electron chi connectivity index (χ1n) is 11.4. The normalized spacial score (nSPS) is 16.7. The second-order valence-corrected chi connectivity index (χ2v) is 8.92. The Labute approximate surface area is 190 Å². The molecule has 6 heteroatoms. The van der Waals surface area contributed by atoms with Gasteiger partial charge in [0.1, 0.15) is 5.82 Å². The van der Waals surface area contributed by atoms with E-state index in [0.717, 1.165) is 51.1 Å². The van der Waals surface area contributed by atoms with Crippen LogP contribution < -0.4 is 4.90 Å². The van der Waals surface area contributed by atoms with E-state index in [9.17, 15) is 19.9 Å². The van der Waals surface area contributed by atoms with E-state index in [4.69, 9.17) is 0 Å². The summed E-state index contributed by atoms with van der Waals surface area (Å²) in [6, 6.07) is 15.1. The Morgan fingerprint density at radius 3 is 2.31 bits per heavy atom. The van der Waals surface area contributed by atoms with Crippen LogP contribution in [0.2, 0.25) is 0 Å². The number of aliphatic hydroxyl groups is 2. The second kappa shape index (κ2) is 10.9. The van der Waals surface area contributed by atoms with Crippen LogP contribution in [0.15, 0.2) is 42.5 Å². The maximum atomic E-state index is 14.1. The van der Waals surface area contributed by atoms with Gasteiger partial charge in [-0.3, -0.25) is 4.90 Å². The number of nitrogens with zero attached hydrogens (tertiary/aromatic N) is 3. The van der Waals surface area contributed by atoms with Crippen molar-refractivity contribution in [1.29, 1.82) is 5.26 Å². The molecule has 0 aromatic heterocycles. The molecular formula is C26H34FN3O2.